The topological polar surface area (TPSA) is 56.2 Å². The van der Waals surface area contributed by atoms with E-state index in [9.17, 15) is 4.79 Å². The Morgan fingerprint density at radius 3 is 2.11 bits per heavy atom. The van der Waals surface area contributed by atoms with Crippen molar-refractivity contribution in [1.82, 2.24) is 0 Å². The molecule has 0 unspecified atom stereocenters. The van der Waals surface area contributed by atoms with Gasteiger partial charge in [-0.05, 0) is 47.5 Å². The molecule has 1 heterocycles. The first-order chi connectivity index (χ1) is 13.1. The number of furan rings is 1. The molecule has 0 saturated carbocycles. The van der Waals surface area contributed by atoms with Gasteiger partial charge in [-0.25, -0.2) is 0 Å². The number of fused-ring (bicyclic) bond motifs is 1. The number of rotatable bonds is 4. The normalized spacial score (nSPS) is 11.3. The van der Waals surface area contributed by atoms with Gasteiger partial charge in [0.25, 0.3) is 0 Å². The molecule has 0 radical (unpaired) electrons. The molecule has 0 aliphatic rings. The number of primary amides is 1. The molecule has 4 aromatic rings. The SMILES string of the molecule is NC(=O)c1ccc(/C=C/c2ccc(-c3cc4cc(Cl)ccc4o3)cc2)cc1. The Balaban J connectivity index is 1.53. The van der Waals surface area contributed by atoms with Gasteiger partial charge in [0.1, 0.15) is 11.3 Å². The molecule has 3 aromatic carbocycles. The predicted octanol–water partition coefficient (Wildman–Crippen LogP) is 6.02. The highest BCUT2D eigenvalue weighted by Crippen LogP contribution is 2.29. The van der Waals surface area contributed by atoms with Gasteiger partial charge in [0.2, 0.25) is 5.91 Å². The molecule has 4 rings (SSSR count). The molecule has 27 heavy (non-hydrogen) atoms. The number of amides is 1. The third-order valence-electron chi connectivity index (χ3n) is 4.34. The molecule has 132 valence electrons. The number of nitrogens with two attached hydrogens (primary N) is 1. The Bertz CT molecular complexity index is 1140. The summed E-state index contributed by atoms with van der Waals surface area (Å²) >= 11 is 6.03. The third-order valence-corrected chi connectivity index (χ3v) is 4.57. The van der Waals surface area contributed by atoms with E-state index in [1.54, 1.807) is 12.1 Å². The van der Waals surface area contributed by atoms with Crippen LogP contribution in [0.2, 0.25) is 5.02 Å². The monoisotopic (exact) mass is 373 g/mol. The van der Waals surface area contributed by atoms with E-state index >= 15 is 0 Å². The van der Waals surface area contributed by atoms with Crippen molar-refractivity contribution >= 4 is 40.6 Å². The molecule has 1 aromatic heterocycles. The van der Waals surface area contributed by atoms with Crippen LogP contribution in [0.1, 0.15) is 21.5 Å². The second-order valence-electron chi connectivity index (χ2n) is 6.23. The molecule has 0 aliphatic heterocycles. The largest absolute Gasteiger partial charge is 0.456 e. The molecular weight excluding hydrogens is 358 g/mol. The van der Waals surface area contributed by atoms with Gasteiger partial charge in [-0.1, -0.05) is 60.2 Å². The first-order valence-corrected chi connectivity index (χ1v) is 8.84. The first kappa shape index (κ1) is 17.1. The van der Waals surface area contributed by atoms with Gasteiger partial charge in [0.15, 0.2) is 0 Å². The fourth-order valence-corrected chi connectivity index (χ4v) is 3.05. The number of benzene rings is 3. The van der Waals surface area contributed by atoms with Gasteiger partial charge in [-0.2, -0.15) is 0 Å². The van der Waals surface area contributed by atoms with Crippen molar-refractivity contribution in [1.29, 1.82) is 0 Å². The fourth-order valence-electron chi connectivity index (χ4n) is 2.87. The van der Waals surface area contributed by atoms with Crippen molar-refractivity contribution in [2.24, 2.45) is 5.73 Å². The lowest BCUT2D eigenvalue weighted by atomic mass is 10.1. The first-order valence-electron chi connectivity index (χ1n) is 8.46. The number of carbonyl (C=O) groups is 1. The van der Waals surface area contributed by atoms with Crippen LogP contribution >= 0.6 is 11.6 Å². The van der Waals surface area contributed by atoms with Crippen molar-refractivity contribution in [2.75, 3.05) is 0 Å². The summed E-state index contributed by atoms with van der Waals surface area (Å²) in [6.45, 7) is 0. The molecule has 0 bridgehead atoms. The average Bonchev–Trinajstić information content (AvgIpc) is 3.10. The van der Waals surface area contributed by atoms with Crippen LogP contribution in [0.4, 0.5) is 0 Å². The van der Waals surface area contributed by atoms with E-state index in [0.29, 0.717) is 10.6 Å². The Morgan fingerprint density at radius 1 is 0.852 bits per heavy atom. The number of halogens is 1. The zero-order valence-electron chi connectivity index (χ0n) is 14.4. The second-order valence-corrected chi connectivity index (χ2v) is 6.67. The van der Waals surface area contributed by atoms with E-state index in [2.05, 4.69) is 0 Å². The molecule has 3 nitrogen and oxygen atoms in total. The minimum atomic E-state index is -0.422. The van der Waals surface area contributed by atoms with Crippen LogP contribution in [0.3, 0.4) is 0 Å². The molecular formula is C23H16ClNO2. The predicted molar refractivity (Wildman–Crippen MR) is 111 cm³/mol. The Kier molecular flexibility index (Phi) is 4.53. The summed E-state index contributed by atoms with van der Waals surface area (Å²) in [5, 5.41) is 1.68. The molecule has 0 aliphatic carbocycles. The van der Waals surface area contributed by atoms with Crippen LogP contribution in [0.15, 0.2) is 77.2 Å². The fraction of sp³-hybridized carbons (Fsp3) is 0. The maximum Gasteiger partial charge on any atom is 0.248 e. The molecule has 0 saturated heterocycles. The van der Waals surface area contributed by atoms with Crippen molar-refractivity contribution < 1.29 is 9.21 Å². The lowest BCUT2D eigenvalue weighted by Gasteiger charge is -1.99. The summed E-state index contributed by atoms with van der Waals surface area (Å²) in [7, 11) is 0. The van der Waals surface area contributed by atoms with Crippen LogP contribution in [-0.2, 0) is 0 Å². The van der Waals surface area contributed by atoms with E-state index in [-0.39, 0.29) is 0 Å². The summed E-state index contributed by atoms with van der Waals surface area (Å²) < 4.78 is 5.89. The Hall–Kier alpha value is -3.30. The molecule has 1 amide bonds. The lowest BCUT2D eigenvalue weighted by Crippen LogP contribution is -2.10. The summed E-state index contributed by atoms with van der Waals surface area (Å²) in [5.41, 5.74) is 9.64. The van der Waals surface area contributed by atoms with E-state index in [0.717, 1.165) is 33.4 Å². The molecule has 0 spiro atoms. The average molecular weight is 374 g/mol. The van der Waals surface area contributed by atoms with Gasteiger partial charge in [0.05, 0.1) is 0 Å². The number of hydrogen-bond acceptors (Lipinski definition) is 2. The highest BCUT2D eigenvalue weighted by atomic mass is 35.5. The minimum absolute atomic E-state index is 0.422. The standard InChI is InChI=1S/C23H16ClNO2/c24-20-11-12-21-19(13-20)14-22(27-21)17-7-3-15(4-8-17)1-2-16-5-9-18(10-6-16)23(25)26/h1-14H,(H2,25,26)/b2-1+. The van der Waals surface area contributed by atoms with Crippen LogP contribution in [0, 0.1) is 0 Å². The molecule has 4 heteroatoms. The number of hydrogen-bond donors (Lipinski definition) is 1. The van der Waals surface area contributed by atoms with Gasteiger partial charge < -0.3 is 10.2 Å². The summed E-state index contributed by atoms with van der Waals surface area (Å²) in [5.74, 6) is 0.388. The molecule has 0 fully saturated rings. The summed E-state index contributed by atoms with van der Waals surface area (Å²) in [4.78, 5) is 11.1. The van der Waals surface area contributed by atoms with Gasteiger partial charge >= 0.3 is 0 Å². The summed E-state index contributed by atoms with van der Waals surface area (Å²) in [6, 6.07) is 22.9. The van der Waals surface area contributed by atoms with Crippen molar-refractivity contribution in [3.8, 4) is 11.3 Å². The van der Waals surface area contributed by atoms with Gasteiger partial charge in [-0.3, -0.25) is 4.79 Å². The van der Waals surface area contributed by atoms with E-state index in [1.165, 1.54) is 0 Å². The molecule has 0 atom stereocenters. The van der Waals surface area contributed by atoms with Gasteiger partial charge in [0, 0.05) is 21.5 Å². The van der Waals surface area contributed by atoms with Gasteiger partial charge in [-0.15, -0.1) is 0 Å². The minimum Gasteiger partial charge on any atom is -0.456 e. The highest BCUT2D eigenvalue weighted by molar-refractivity contribution is 6.31. The van der Waals surface area contributed by atoms with E-state index < -0.39 is 5.91 Å². The van der Waals surface area contributed by atoms with Crippen molar-refractivity contribution in [3.05, 3.63) is 94.5 Å². The van der Waals surface area contributed by atoms with Crippen LogP contribution in [0.5, 0.6) is 0 Å². The maximum absolute atomic E-state index is 11.1. The van der Waals surface area contributed by atoms with Crippen LogP contribution in [0.25, 0.3) is 34.4 Å². The molecule has 2 N–H and O–H groups in total. The van der Waals surface area contributed by atoms with Crippen molar-refractivity contribution in [3.63, 3.8) is 0 Å². The second kappa shape index (κ2) is 7.14. The zero-order chi connectivity index (χ0) is 18.8. The maximum atomic E-state index is 11.1. The third kappa shape index (κ3) is 3.78. The smallest absolute Gasteiger partial charge is 0.248 e. The summed E-state index contributed by atoms with van der Waals surface area (Å²) in [6.07, 6.45) is 4.00. The zero-order valence-corrected chi connectivity index (χ0v) is 15.1. The van der Waals surface area contributed by atoms with Crippen LogP contribution in [-0.4, -0.2) is 5.91 Å². The lowest BCUT2D eigenvalue weighted by molar-refractivity contribution is 0.100. The Labute approximate surface area is 161 Å². The van der Waals surface area contributed by atoms with Crippen molar-refractivity contribution in [2.45, 2.75) is 0 Å². The van der Waals surface area contributed by atoms with Crippen LogP contribution < -0.4 is 5.73 Å². The quantitative estimate of drug-likeness (QED) is 0.444. The number of carbonyl (C=O) groups excluding carboxylic acids is 1. The Morgan fingerprint density at radius 2 is 1.48 bits per heavy atom. The highest BCUT2D eigenvalue weighted by Gasteiger charge is 2.06. The van der Waals surface area contributed by atoms with E-state index in [1.807, 2.05) is 72.8 Å². The van der Waals surface area contributed by atoms with E-state index in [4.69, 9.17) is 21.8 Å².